The first kappa shape index (κ1) is 15.1. The highest BCUT2D eigenvalue weighted by molar-refractivity contribution is 7.21. The number of aromatic nitrogens is 1. The Labute approximate surface area is 145 Å². The fourth-order valence-electron chi connectivity index (χ4n) is 3.20. The number of amides is 1. The third kappa shape index (κ3) is 2.65. The lowest BCUT2D eigenvalue weighted by Gasteiger charge is -2.35. The van der Waals surface area contributed by atoms with Crippen molar-refractivity contribution in [3.63, 3.8) is 0 Å². The van der Waals surface area contributed by atoms with Crippen LogP contribution >= 0.6 is 11.3 Å². The summed E-state index contributed by atoms with van der Waals surface area (Å²) >= 11 is 1.61. The van der Waals surface area contributed by atoms with Crippen LogP contribution in [0.5, 0.6) is 0 Å². The first-order valence-electron chi connectivity index (χ1n) is 8.17. The Morgan fingerprint density at radius 3 is 2.50 bits per heavy atom. The van der Waals surface area contributed by atoms with Gasteiger partial charge in [0, 0.05) is 37.1 Å². The number of fused-ring (bicyclic) bond motifs is 1. The van der Waals surface area contributed by atoms with Crippen LogP contribution in [0.25, 0.3) is 10.1 Å². The number of anilines is 1. The molecule has 24 heavy (non-hydrogen) atoms. The molecule has 0 saturated carbocycles. The van der Waals surface area contributed by atoms with Crippen LogP contribution in [0.1, 0.15) is 15.2 Å². The number of hydrogen-bond donors (Lipinski definition) is 0. The monoisotopic (exact) mass is 337 g/mol. The largest absolute Gasteiger partial charge is 0.353 e. The molecule has 0 N–H and O–H groups in total. The molecule has 1 aliphatic rings. The summed E-state index contributed by atoms with van der Waals surface area (Å²) < 4.78 is 1.19. The lowest BCUT2D eigenvalue weighted by atomic mass is 10.1. The minimum atomic E-state index is 0.161. The van der Waals surface area contributed by atoms with Crippen LogP contribution < -0.4 is 4.90 Å². The third-order valence-corrected chi connectivity index (χ3v) is 5.84. The van der Waals surface area contributed by atoms with Crippen LogP contribution in [0, 0.1) is 6.92 Å². The molecule has 0 unspecified atom stereocenters. The van der Waals surface area contributed by atoms with Gasteiger partial charge in [-0.2, -0.15) is 0 Å². The van der Waals surface area contributed by atoms with Gasteiger partial charge in [0.2, 0.25) is 0 Å². The second kappa shape index (κ2) is 6.24. The first-order chi connectivity index (χ1) is 11.7. The normalized spacial score (nSPS) is 15.0. The number of thiophene rings is 1. The Balaban J connectivity index is 1.51. The van der Waals surface area contributed by atoms with E-state index in [2.05, 4.69) is 28.9 Å². The number of aryl methyl sites for hydroxylation is 1. The van der Waals surface area contributed by atoms with Gasteiger partial charge in [-0.25, -0.2) is 4.98 Å². The molecular weight excluding hydrogens is 318 g/mol. The summed E-state index contributed by atoms with van der Waals surface area (Å²) in [6.07, 6.45) is 1.81. The summed E-state index contributed by atoms with van der Waals surface area (Å²) in [4.78, 5) is 22.4. The van der Waals surface area contributed by atoms with E-state index in [1.807, 2.05) is 41.4 Å². The minimum Gasteiger partial charge on any atom is -0.353 e. The fourth-order valence-corrected chi connectivity index (χ4v) is 4.38. The number of pyridine rings is 1. The van der Waals surface area contributed by atoms with E-state index >= 15 is 0 Å². The summed E-state index contributed by atoms with van der Waals surface area (Å²) in [5.41, 5.74) is 1.10. The average molecular weight is 337 g/mol. The van der Waals surface area contributed by atoms with Gasteiger partial charge in [0.25, 0.3) is 5.91 Å². The molecule has 3 aromatic rings. The second-order valence-electron chi connectivity index (χ2n) is 6.02. The highest BCUT2D eigenvalue weighted by Gasteiger charge is 2.25. The third-order valence-electron chi connectivity index (χ3n) is 4.58. The van der Waals surface area contributed by atoms with Crippen molar-refractivity contribution in [3.8, 4) is 0 Å². The maximum atomic E-state index is 12.9. The summed E-state index contributed by atoms with van der Waals surface area (Å²) in [7, 11) is 0. The van der Waals surface area contributed by atoms with Crippen molar-refractivity contribution in [2.75, 3.05) is 31.1 Å². The lowest BCUT2D eigenvalue weighted by molar-refractivity contribution is 0.0751. The number of benzene rings is 1. The summed E-state index contributed by atoms with van der Waals surface area (Å²) in [5.74, 6) is 1.15. The van der Waals surface area contributed by atoms with Gasteiger partial charge in [-0.05, 0) is 36.1 Å². The zero-order valence-corrected chi connectivity index (χ0v) is 14.4. The molecule has 1 aliphatic heterocycles. The number of hydrogen-bond acceptors (Lipinski definition) is 4. The highest BCUT2D eigenvalue weighted by Crippen LogP contribution is 2.31. The van der Waals surface area contributed by atoms with Crippen LogP contribution in [0.2, 0.25) is 0 Å². The van der Waals surface area contributed by atoms with Crippen LogP contribution in [-0.4, -0.2) is 42.0 Å². The minimum absolute atomic E-state index is 0.161. The predicted molar refractivity (Wildman–Crippen MR) is 98.9 cm³/mol. The van der Waals surface area contributed by atoms with Crippen molar-refractivity contribution in [3.05, 3.63) is 59.1 Å². The number of carbonyl (C=O) groups is 1. The quantitative estimate of drug-likeness (QED) is 0.717. The van der Waals surface area contributed by atoms with Gasteiger partial charge in [0.05, 0.1) is 4.88 Å². The topological polar surface area (TPSA) is 36.4 Å². The SMILES string of the molecule is Cc1c(C(=O)N2CCN(c3ccccn3)CC2)sc2ccccc12. The van der Waals surface area contributed by atoms with E-state index < -0.39 is 0 Å². The molecule has 0 radical (unpaired) electrons. The molecule has 1 aromatic carbocycles. The molecule has 0 spiro atoms. The van der Waals surface area contributed by atoms with E-state index in [0.29, 0.717) is 0 Å². The van der Waals surface area contributed by atoms with E-state index in [9.17, 15) is 4.79 Å². The summed E-state index contributed by atoms with van der Waals surface area (Å²) in [6, 6.07) is 14.2. The van der Waals surface area contributed by atoms with Gasteiger partial charge >= 0.3 is 0 Å². The molecule has 4 nitrogen and oxygen atoms in total. The molecule has 122 valence electrons. The first-order valence-corrected chi connectivity index (χ1v) is 8.99. The van der Waals surface area contributed by atoms with Crippen LogP contribution in [0.15, 0.2) is 48.7 Å². The van der Waals surface area contributed by atoms with Crippen molar-refractivity contribution in [2.45, 2.75) is 6.92 Å². The Bertz CT molecular complexity index is 867. The van der Waals surface area contributed by atoms with Gasteiger partial charge in [-0.15, -0.1) is 11.3 Å². The van der Waals surface area contributed by atoms with Gasteiger partial charge in [-0.3, -0.25) is 4.79 Å². The van der Waals surface area contributed by atoms with Crippen molar-refractivity contribution in [1.82, 2.24) is 9.88 Å². The van der Waals surface area contributed by atoms with E-state index in [4.69, 9.17) is 0 Å². The van der Waals surface area contributed by atoms with E-state index in [0.717, 1.165) is 42.4 Å². The smallest absolute Gasteiger partial charge is 0.264 e. The maximum absolute atomic E-state index is 12.9. The Morgan fingerprint density at radius 1 is 1.04 bits per heavy atom. The standard InChI is InChI=1S/C19H19N3OS/c1-14-15-6-2-3-7-16(15)24-18(14)19(23)22-12-10-21(11-13-22)17-8-4-5-9-20-17/h2-9H,10-13H2,1H3. The zero-order chi connectivity index (χ0) is 16.5. The van der Waals surface area contributed by atoms with Gasteiger partial charge in [-0.1, -0.05) is 24.3 Å². The van der Waals surface area contributed by atoms with Crippen molar-refractivity contribution >= 4 is 33.1 Å². The van der Waals surface area contributed by atoms with Crippen LogP contribution in [0.4, 0.5) is 5.82 Å². The van der Waals surface area contributed by atoms with E-state index in [-0.39, 0.29) is 5.91 Å². The molecular formula is C19H19N3OS. The predicted octanol–water partition coefficient (Wildman–Crippen LogP) is 3.57. The van der Waals surface area contributed by atoms with Crippen LogP contribution in [-0.2, 0) is 0 Å². The highest BCUT2D eigenvalue weighted by atomic mass is 32.1. The second-order valence-corrected chi connectivity index (χ2v) is 7.07. The summed E-state index contributed by atoms with van der Waals surface area (Å²) in [5, 5.41) is 1.19. The molecule has 2 aromatic heterocycles. The van der Waals surface area contributed by atoms with Crippen molar-refractivity contribution < 1.29 is 4.79 Å². The molecule has 5 heteroatoms. The number of rotatable bonds is 2. The Hall–Kier alpha value is -2.40. The number of nitrogens with zero attached hydrogens (tertiary/aromatic N) is 3. The molecule has 0 aliphatic carbocycles. The molecule has 0 bridgehead atoms. The zero-order valence-electron chi connectivity index (χ0n) is 13.6. The molecule has 3 heterocycles. The maximum Gasteiger partial charge on any atom is 0.264 e. The molecule has 1 fully saturated rings. The molecule has 1 amide bonds. The average Bonchev–Trinajstić information content (AvgIpc) is 2.99. The Kier molecular flexibility index (Phi) is 3.94. The van der Waals surface area contributed by atoms with Crippen molar-refractivity contribution in [1.29, 1.82) is 0 Å². The molecule has 4 rings (SSSR count). The number of carbonyl (C=O) groups excluding carboxylic acids is 1. The lowest BCUT2D eigenvalue weighted by Crippen LogP contribution is -2.49. The Morgan fingerprint density at radius 2 is 1.79 bits per heavy atom. The van der Waals surface area contributed by atoms with E-state index in [1.54, 1.807) is 11.3 Å². The number of piperazine rings is 1. The van der Waals surface area contributed by atoms with Gasteiger partial charge in [0.1, 0.15) is 5.82 Å². The fraction of sp³-hybridized carbons (Fsp3) is 0.263. The van der Waals surface area contributed by atoms with E-state index in [1.165, 1.54) is 10.1 Å². The summed E-state index contributed by atoms with van der Waals surface area (Å²) in [6.45, 7) is 5.18. The molecule has 1 saturated heterocycles. The van der Waals surface area contributed by atoms with Gasteiger partial charge in [0.15, 0.2) is 0 Å². The van der Waals surface area contributed by atoms with Crippen molar-refractivity contribution in [2.24, 2.45) is 0 Å². The van der Waals surface area contributed by atoms with Gasteiger partial charge < -0.3 is 9.80 Å². The van der Waals surface area contributed by atoms with Crippen LogP contribution in [0.3, 0.4) is 0 Å². The molecule has 0 atom stereocenters.